The molecule has 0 bridgehead atoms. The Kier molecular flexibility index (Phi) is 2.04. The third-order valence-electron chi connectivity index (χ3n) is 2.39. The van der Waals surface area contributed by atoms with E-state index in [0.29, 0.717) is 0 Å². The molecule has 1 N–H and O–H groups in total. The van der Waals surface area contributed by atoms with E-state index in [1.54, 1.807) is 12.4 Å². The first-order chi connectivity index (χ1) is 6.68. The first-order valence-corrected chi connectivity index (χ1v) is 4.49. The van der Waals surface area contributed by atoms with Crippen molar-refractivity contribution in [3.8, 4) is 11.4 Å². The number of rotatable bonds is 1. The second-order valence-electron chi connectivity index (χ2n) is 3.33. The number of nitrogens with one attached hydrogen (secondary N) is 1. The summed E-state index contributed by atoms with van der Waals surface area (Å²) in [6.45, 7) is 6.02. The zero-order valence-electron chi connectivity index (χ0n) is 8.50. The van der Waals surface area contributed by atoms with E-state index in [0.717, 1.165) is 28.3 Å². The van der Waals surface area contributed by atoms with Gasteiger partial charge >= 0.3 is 0 Å². The maximum atomic E-state index is 4.40. The Labute approximate surface area is 82.4 Å². The van der Waals surface area contributed by atoms with Crippen LogP contribution in [0, 0.1) is 20.8 Å². The van der Waals surface area contributed by atoms with Crippen molar-refractivity contribution in [2.75, 3.05) is 0 Å². The molecular formula is C10H12N4. The Balaban J connectivity index is 2.57. The van der Waals surface area contributed by atoms with E-state index in [4.69, 9.17) is 0 Å². The fourth-order valence-electron chi connectivity index (χ4n) is 1.27. The van der Waals surface area contributed by atoms with Crippen molar-refractivity contribution in [2.45, 2.75) is 20.8 Å². The van der Waals surface area contributed by atoms with Crippen LogP contribution in [-0.4, -0.2) is 20.2 Å². The lowest BCUT2D eigenvalue weighted by molar-refractivity contribution is 1.02. The second-order valence-corrected chi connectivity index (χ2v) is 3.33. The number of aromatic amines is 1. The van der Waals surface area contributed by atoms with Gasteiger partial charge in [-0.05, 0) is 26.3 Å². The summed E-state index contributed by atoms with van der Waals surface area (Å²) in [4.78, 5) is 8.81. The minimum atomic E-state index is 0.736. The number of aromatic nitrogens is 4. The van der Waals surface area contributed by atoms with Gasteiger partial charge in [0.2, 0.25) is 0 Å². The summed E-state index contributed by atoms with van der Waals surface area (Å²) in [6, 6.07) is 0. The van der Waals surface area contributed by atoms with Gasteiger partial charge in [0.1, 0.15) is 0 Å². The molecular weight excluding hydrogens is 176 g/mol. The van der Waals surface area contributed by atoms with Gasteiger partial charge in [0.05, 0.1) is 11.8 Å². The highest BCUT2D eigenvalue weighted by Gasteiger charge is 2.06. The minimum Gasteiger partial charge on any atom is -0.285 e. The van der Waals surface area contributed by atoms with Crippen LogP contribution in [0.15, 0.2) is 12.4 Å². The van der Waals surface area contributed by atoms with Crippen LogP contribution in [0.3, 0.4) is 0 Å². The van der Waals surface area contributed by atoms with Crippen molar-refractivity contribution >= 4 is 0 Å². The number of hydrogen-bond acceptors (Lipinski definition) is 3. The molecule has 0 radical (unpaired) electrons. The van der Waals surface area contributed by atoms with E-state index in [2.05, 4.69) is 20.2 Å². The highest BCUT2D eigenvalue weighted by molar-refractivity contribution is 5.52. The maximum Gasteiger partial charge on any atom is 0.162 e. The summed E-state index contributed by atoms with van der Waals surface area (Å²) in [5.74, 6) is 0.736. The molecule has 72 valence electrons. The fraction of sp³-hybridized carbons (Fsp3) is 0.300. The Hall–Kier alpha value is -1.71. The van der Waals surface area contributed by atoms with Crippen LogP contribution >= 0.6 is 0 Å². The first kappa shape index (κ1) is 8.87. The van der Waals surface area contributed by atoms with Crippen molar-refractivity contribution in [2.24, 2.45) is 0 Å². The number of hydrogen-bond donors (Lipinski definition) is 1. The summed E-state index contributed by atoms with van der Waals surface area (Å²) in [6.07, 6.45) is 3.52. The number of H-pyrrole nitrogens is 1. The summed E-state index contributed by atoms with van der Waals surface area (Å²) < 4.78 is 0. The second kappa shape index (κ2) is 3.21. The van der Waals surface area contributed by atoms with Crippen LogP contribution < -0.4 is 0 Å². The molecule has 4 heteroatoms. The molecule has 4 nitrogen and oxygen atoms in total. The van der Waals surface area contributed by atoms with Gasteiger partial charge in [-0.3, -0.25) is 5.10 Å². The van der Waals surface area contributed by atoms with Crippen LogP contribution in [-0.2, 0) is 0 Å². The SMILES string of the molecule is Cc1nc(-c2cn[nH]c2)nc(C)c1C. The van der Waals surface area contributed by atoms with E-state index >= 15 is 0 Å². The third kappa shape index (κ3) is 1.39. The topological polar surface area (TPSA) is 54.5 Å². The monoisotopic (exact) mass is 188 g/mol. The van der Waals surface area contributed by atoms with Crippen LogP contribution in [0.25, 0.3) is 11.4 Å². The van der Waals surface area contributed by atoms with Crippen molar-refractivity contribution in [1.82, 2.24) is 20.2 Å². The minimum absolute atomic E-state index is 0.736. The molecule has 14 heavy (non-hydrogen) atoms. The maximum absolute atomic E-state index is 4.40. The normalized spacial score (nSPS) is 10.5. The summed E-state index contributed by atoms with van der Waals surface area (Å²) in [5, 5.41) is 6.63. The molecule has 0 aliphatic rings. The molecule has 2 aromatic rings. The van der Waals surface area contributed by atoms with Gasteiger partial charge in [-0.25, -0.2) is 9.97 Å². The molecule has 0 aliphatic heterocycles. The van der Waals surface area contributed by atoms with E-state index in [-0.39, 0.29) is 0 Å². The largest absolute Gasteiger partial charge is 0.285 e. The zero-order chi connectivity index (χ0) is 10.1. The van der Waals surface area contributed by atoms with Crippen LogP contribution in [0.2, 0.25) is 0 Å². The highest BCUT2D eigenvalue weighted by Crippen LogP contribution is 2.16. The van der Waals surface area contributed by atoms with Gasteiger partial charge in [-0.15, -0.1) is 0 Å². The Bertz CT molecular complexity index is 422. The average molecular weight is 188 g/mol. The van der Waals surface area contributed by atoms with Crippen LogP contribution in [0.1, 0.15) is 17.0 Å². The van der Waals surface area contributed by atoms with Gasteiger partial charge in [-0.1, -0.05) is 0 Å². The van der Waals surface area contributed by atoms with E-state index in [1.165, 1.54) is 0 Å². The van der Waals surface area contributed by atoms with E-state index < -0.39 is 0 Å². The summed E-state index contributed by atoms with van der Waals surface area (Å²) in [7, 11) is 0. The highest BCUT2D eigenvalue weighted by atomic mass is 15.1. The molecule has 0 unspecified atom stereocenters. The third-order valence-corrected chi connectivity index (χ3v) is 2.39. The Morgan fingerprint density at radius 3 is 2.21 bits per heavy atom. The standard InChI is InChI=1S/C10H12N4/c1-6-7(2)13-10(14-8(6)3)9-4-11-12-5-9/h4-5H,1-3H3,(H,11,12). The molecule has 0 aromatic carbocycles. The predicted octanol–water partition coefficient (Wildman–Crippen LogP) is 1.79. The fourth-order valence-corrected chi connectivity index (χ4v) is 1.27. The molecule has 0 fully saturated rings. The smallest absolute Gasteiger partial charge is 0.162 e. The molecule has 0 saturated carbocycles. The van der Waals surface area contributed by atoms with Gasteiger partial charge in [-0.2, -0.15) is 5.10 Å². The van der Waals surface area contributed by atoms with Crippen molar-refractivity contribution < 1.29 is 0 Å². The van der Waals surface area contributed by atoms with Crippen molar-refractivity contribution in [3.05, 3.63) is 29.3 Å². The Morgan fingerprint density at radius 2 is 1.71 bits per heavy atom. The molecule has 2 heterocycles. The van der Waals surface area contributed by atoms with Gasteiger partial charge < -0.3 is 0 Å². The molecule has 0 amide bonds. The van der Waals surface area contributed by atoms with Crippen LogP contribution in [0.4, 0.5) is 0 Å². The van der Waals surface area contributed by atoms with Gasteiger partial charge in [0.15, 0.2) is 5.82 Å². The van der Waals surface area contributed by atoms with Crippen molar-refractivity contribution in [3.63, 3.8) is 0 Å². The van der Waals surface area contributed by atoms with Gasteiger partial charge in [0, 0.05) is 17.6 Å². The predicted molar refractivity (Wildman–Crippen MR) is 53.8 cm³/mol. The molecule has 0 atom stereocenters. The average Bonchev–Trinajstić information content (AvgIpc) is 2.66. The zero-order valence-corrected chi connectivity index (χ0v) is 8.50. The Morgan fingerprint density at radius 1 is 1.07 bits per heavy atom. The molecule has 0 spiro atoms. The number of aryl methyl sites for hydroxylation is 2. The molecule has 0 aliphatic carbocycles. The molecule has 2 rings (SSSR count). The lowest BCUT2D eigenvalue weighted by atomic mass is 10.2. The quantitative estimate of drug-likeness (QED) is 0.742. The lowest BCUT2D eigenvalue weighted by Gasteiger charge is -2.04. The summed E-state index contributed by atoms with van der Waals surface area (Å²) >= 11 is 0. The number of nitrogens with zero attached hydrogens (tertiary/aromatic N) is 3. The van der Waals surface area contributed by atoms with E-state index in [9.17, 15) is 0 Å². The van der Waals surface area contributed by atoms with Gasteiger partial charge in [0.25, 0.3) is 0 Å². The summed E-state index contributed by atoms with van der Waals surface area (Å²) in [5.41, 5.74) is 4.12. The van der Waals surface area contributed by atoms with Crippen LogP contribution in [0.5, 0.6) is 0 Å². The van der Waals surface area contributed by atoms with Crippen molar-refractivity contribution in [1.29, 1.82) is 0 Å². The first-order valence-electron chi connectivity index (χ1n) is 4.49. The molecule has 0 saturated heterocycles. The molecule has 2 aromatic heterocycles. The van der Waals surface area contributed by atoms with E-state index in [1.807, 2.05) is 20.8 Å². The lowest BCUT2D eigenvalue weighted by Crippen LogP contribution is -1.98.